The molecule has 92 valence electrons. The number of aromatic amines is 1. The first kappa shape index (κ1) is 11.8. The van der Waals surface area contributed by atoms with E-state index in [9.17, 15) is 9.59 Å². The number of carbonyl (C=O) groups is 1. The van der Waals surface area contributed by atoms with Crippen molar-refractivity contribution >= 4 is 5.97 Å². The summed E-state index contributed by atoms with van der Waals surface area (Å²) < 4.78 is 0. The molecule has 0 aliphatic heterocycles. The van der Waals surface area contributed by atoms with Crippen molar-refractivity contribution in [3.8, 4) is 0 Å². The van der Waals surface area contributed by atoms with Crippen LogP contribution < -0.4 is 5.56 Å². The maximum absolute atomic E-state index is 11.8. The van der Waals surface area contributed by atoms with E-state index in [2.05, 4.69) is 9.97 Å². The third-order valence-corrected chi connectivity index (χ3v) is 3.27. The van der Waals surface area contributed by atoms with Crippen LogP contribution in [0, 0.1) is 0 Å². The molecule has 17 heavy (non-hydrogen) atoms. The van der Waals surface area contributed by atoms with E-state index in [0.717, 1.165) is 18.7 Å². The van der Waals surface area contributed by atoms with Gasteiger partial charge in [0.2, 0.25) is 0 Å². The van der Waals surface area contributed by atoms with Gasteiger partial charge < -0.3 is 10.1 Å². The number of carboxylic acid groups (broad SMARTS) is 1. The fourth-order valence-corrected chi connectivity index (χ4v) is 2.06. The topological polar surface area (TPSA) is 83.0 Å². The van der Waals surface area contributed by atoms with Crippen LogP contribution in [0.4, 0.5) is 0 Å². The highest BCUT2D eigenvalue weighted by Crippen LogP contribution is 2.33. The predicted octanol–water partition coefficient (Wildman–Crippen LogP) is 1.23. The summed E-state index contributed by atoms with van der Waals surface area (Å²) in [6, 6.07) is 0. The van der Waals surface area contributed by atoms with Crippen molar-refractivity contribution in [1.82, 2.24) is 9.97 Å². The molecule has 1 aliphatic rings. The Morgan fingerprint density at radius 2 is 2.24 bits per heavy atom. The van der Waals surface area contributed by atoms with Crippen LogP contribution in [0.15, 0.2) is 4.79 Å². The van der Waals surface area contributed by atoms with Crippen LogP contribution in [-0.2, 0) is 17.6 Å². The Labute approximate surface area is 98.9 Å². The van der Waals surface area contributed by atoms with Gasteiger partial charge in [-0.1, -0.05) is 13.3 Å². The highest BCUT2D eigenvalue weighted by Gasteiger charge is 2.23. The van der Waals surface area contributed by atoms with Crippen molar-refractivity contribution < 1.29 is 9.90 Å². The number of hydrogen-bond donors (Lipinski definition) is 2. The van der Waals surface area contributed by atoms with Crippen LogP contribution in [0.1, 0.15) is 49.2 Å². The molecule has 0 saturated heterocycles. The van der Waals surface area contributed by atoms with Gasteiger partial charge in [-0.2, -0.15) is 0 Å². The third-order valence-electron chi connectivity index (χ3n) is 3.27. The van der Waals surface area contributed by atoms with Gasteiger partial charge >= 0.3 is 5.97 Å². The van der Waals surface area contributed by atoms with Crippen LogP contribution in [0.3, 0.4) is 0 Å². The number of aliphatic carboxylic acids is 1. The number of nitrogens with zero attached hydrogens (tertiary/aromatic N) is 1. The minimum absolute atomic E-state index is 0.254. The number of aromatic nitrogens is 2. The molecule has 2 N–H and O–H groups in total. The lowest BCUT2D eigenvalue weighted by Crippen LogP contribution is -2.25. The molecule has 1 saturated carbocycles. The Hall–Kier alpha value is -1.65. The monoisotopic (exact) mass is 236 g/mol. The van der Waals surface area contributed by atoms with E-state index in [4.69, 9.17) is 5.11 Å². The maximum atomic E-state index is 11.8. The van der Waals surface area contributed by atoms with Crippen LogP contribution in [0.5, 0.6) is 0 Å². The van der Waals surface area contributed by atoms with E-state index in [-0.39, 0.29) is 12.0 Å². The fourth-order valence-electron chi connectivity index (χ4n) is 2.06. The molecule has 0 bridgehead atoms. The summed E-state index contributed by atoms with van der Waals surface area (Å²) in [6.45, 7) is 1.89. The van der Waals surface area contributed by atoms with Gasteiger partial charge in [-0.05, 0) is 19.3 Å². The van der Waals surface area contributed by atoms with Crippen molar-refractivity contribution in [1.29, 1.82) is 0 Å². The molecule has 0 atom stereocenters. The molecule has 0 unspecified atom stereocenters. The van der Waals surface area contributed by atoms with Gasteiger partial charge in [-0.3, -0.25) is 9.59 Å². The van der Waals surface area contributed by atoms with Crippen LogP contribution >= 0.6 is 0 Å². The quantitative estimate of drug-likeness (QED) is 0.823. The van der Waals surface area contributed by atoms with Gasteiger partial charge in [0.15, 0.2) is 0 Å². The summed E-state index contributed by atoms with van der Waals surface area (Å²) in [5.74, 6) is 0.0857. The summed E-state index contributed by atoms with van der Waals surface area (Å²) in [4.78, 5) is 29.7. The van der Waals surface area contributed by atoms with Crippen LogP contribution in [-0.4, -0.2) is 21.0 Å². The van der Waals surface area contributed by atoms with Gasteiger partial charge in [-0.25, -0.2) is 4.98 Å². The lowest BCUT2D eigenvalue weighted by atomic mass is 9.84. The first-order valence-corrected chi connectivity index (χ1v) is 5.95. The second-order valence-electron chi connectivity index (χ2n) is 4.43. The second kappa shape index (κ2) is 4.69. The maximum Gasteiger partial charge on any atom is 0.308 e. The Morgan fingerprint density at radius 1 is 1.53 bits per heavy atom. The highest BCUT2D eigenvalue weighted by molar-refractivity contribution is 5.70. The van der Waals surface area contributed by atoms with Crippen molar-refractivity contribution in [2.75, 3.05) is 0 Å². The first-order chi connectivity index (χ1) is 8.11. The molecular formula is C12H16N2O3. The number of H-pyrrole nitrogens is 1. The predicted molar refractivity (Wildman–Crippen MR) is 62.2 cm³/mol. The summed E-state index contributed by atoms with van der Waals surface area (Å²) in [5.41, 5.74) is 0.627. The molecule has 5 nitrogen and oxygen atoms in total. The zero-order valence-electron chi connectivity index (χ0n) is 9.82. The normalized spacial score (nSPS) is 15.6. The Balaban J connectivity index is 2.39. The smallest absolute Gasteiger partial charge is 0.308 e. The minimum Gasteiger partial charge on any atom is -0.481 e. The molecule has 2 rings (SSSR count). The Kier molecular flexibility index (Phi) is 3.26. The van der Waals surface area contributed by atoms with Crippen molar-refractivity contribution in [2.24, 2.45) is 0 Å². The molecule has 0 aromatic carbocycles. The number of carboxylic acids is 1. The molecule has 1 aromatic heterocycles. The second-order valence-corrected chi connectivity index (χ2v) is 4.43. The number of nitrogens with one attached hydrogen (secondary N) is 1. The number of hydrogen-bond acceptors (Lipinski definition) is 3. The number of aryl methyl sites for hydroxylation is 1. The van der Waals surface area contributed by atoms with E-state index in [0.29, 0.717) is 23.6 Å². The van der Waals surface area contributed by atoms with E-state index >= 15 is 0 Å². The van der Waals surface area contributed by atoms with Crippen molar-refractivity contribution in [3.63, 3.8) is 0 Å². The van der Waals surface area contributed by atoms with Gasteiger partial charge in [0, 0.05) is 11.5 Å². The van der Waals surface area contributed by atoms with Crippen LogP contribution in [0.25, 0.3) is 0 Å². The number of rotatable bonds is 4. The standard InChI is InChI=1S/C12H16N2O3/c1-2-9-8(6-10(15)16)12(17)14-11(13-9)7-4-3-5-7/h7H,2-6H2,1H3,(H,15,16)(H,13,14,17). The highest BCUT2D eigenvalue weighted by atomic mass is 16.4. The third kappa shape index (κ3) is 2.38. The average Bonchev–Trinajstić information content (AvgIpc) is 2.18. The van der Waals surface area contributed by atoms with E-state index in [1.54, 1.807) is 0 Å². The Morgan fingerprint density at radius 3 is 2.71 bits per heavy atom. The summed E-state index contributed by atoms with van der Waals surface area (Å²) in [7, 11) is 0. The van der Waals surface area contributed by atoms with E-state index in [1.807, 2.05) is 6.92 Å². The van der Waals surface area contributed by atoms with Crippen molar-refractivity contribution in [2.45, 2.75) is 44.9 Å². The van der Waals surface area contributed by atoms with E-state index < -0.39 is 5.97 Å². The average molecular weight is 236 g/mol. The minimum atomic E-state index is -0.997. The first-order valence-electron chi connectivity index (χ1n) is 5.95. The summed E-state index contributed by atoms with van der Waals surface area (Å²) >= 11 is 0. The van der Waals surface area contributed by atoms with Crippen molar-refractivity contribution in [3.05, 3.63) is 27.4 Å². The van der Waals surface area contributed by atoms with Gasteiger partial charge in [0.1, 0.15) is 5.82 Å². The SMILES string of the molecule is CCc1nc(C2CCC2)[nH]c(=O)c1CC(=O)O. The molecule has 1 fully saturated rings. The van der Waals surface area contributed by atoms with Gasteiger partial charge in [0.25, 0.3) is 5.56 Å². The van der Waals surface area contributed by atoms with Crippen LogP contribution in [0.2, 0.25) is 0 Å². The van der Waals surface area contributed by atoms with Gasteiger partial charge in [0.05, 0.1) is 12.1 Å². The van der Waals surface area contributed by atoms with E-state index in [1.165, 1.54) is 6.42 Å². The summed E-state index contributed by atoms with van der Waals surface area (Å²) in [5, 5.41) is 8.77. The molecule has 0 spiro atoms. The molecule has 5 heteroatoms. The molecule has 0 radical (unpaired) electrons. The molecule has 1 aliphatic carbocycles. The summed E-state index contributed by atoms with van der Waals surface area (Å²) in [6.07, 6.45) is 3.63. The molecule has 0 amide bonds. The fraction of sp³-hybridized carbons (Fsp3) is 0.583. The molecule has 1 heterocycles. The molecular weight excluding hydrogens is 220 g/mol. The zero-order valence-corrected chi connectivity index (χ0v) is 9.82. The van der Waals surface area contributed by atoms with Gasteiger partial charge in [-0.15, -0.1) is 0 Å². The largest absolute Gasteiger partial charge is 0.481 e. The zero-order chi connectivity index (χ0) is 12.4. The lowest BCUT2D eigenvalue weighted by Gasteiger charge is -2.24. The molecule has 1 aromatic rings. The Bertz CT molecular complexity index is 489. The lowest BCUT2D eigenvalue weighted by molar-refractivity contribution is -0.136.